The molecule has 0 aliphatic carbocycles. The van der Waals surface area contributed by atoms with Gasteiger partial charge in [0.1, 0.15) is 36.6 Å². The molecular formula is C12H12Fe2O18. The van der Waals surface area contributed by atoms with Gasteiger partial charge in [-0.2, -0.15) is 0 Å². The van der Waals surface area contributed by atoms with Crippen LogP contribution in [-0.4, -0.2) is 103 Å². The number of carbonyl (C=O) groups is 6. The molecule has 0 aliphatic rings. The minimum absolute atomic E-state index is 0. The Bertz CT molecular complexity index is 498. The van der Waals surface area contributed by atoms with E-state index in [1.807, 2.05) is 0 Å². The summed E-state index contributed by atoms with van der Waals surface area (Å²) in [6.45, 7) is 0. The molecule has 0 aliphatic heterocycles. The van der Waals surface area contributed by atoms with Gasteiger partial charge in [0.05, 0.1) is 35.8 Å². The van der Waals surface area contributed by atoms with Crippen molar-refractivity contribution in [2.45, 2.75) is 36.6 Å². The van der Waals surface area contributed by atoms with Crippen LogP contribution < -0.4 is 30.6 Å². The fourth-order valence-electron chi connectivity index (χ4n) is 0.773. The quantitative estimate of drug-likeness (QED) is 0.144. The molecule has 0 spiro atoms. The molecule has 0 saturated carbocycles. The second-order valence-electron chi connectivity index (χ2n) is 4.58. The molecule has 0 aromatic carbocycles. The van der Waals surface area contributed by atoms with Crippen LogP contribution in [0.2, 0.25) is 0 Å². The summed E-state index contributed by atoms with van der Waals surface area (Å²) in [6.07, 6.45) is -14.6. The van der Waals surface area contributed by atoms with Gasteiger partial charge < -0.3 is 90.0 Å². The van der Waals surface area contributed by atoms with Gasteiger partial charge in [-0.25, -0.2) is 0 Å². The molecule has 18 nitrogen and oxygen atoms in total. The van der Waals surface area contributed by atoms with Crippen molar-refractivity contribution in [3.63, 3.8) is 0 Å². The molecule has 184 valence electrons. The predicted molar refractivity (Wildman–Crippen MR) is 66.1 cm³/mol. The molecule has 0 saturated heterocycles. The van der Waals surface area contributed by atoms with Crippen LogP contribution in [0.15, 0.2) is 0 Å². The van der Waals surface area contributed by atoms with Crippen molar-refractivity contribution in [1.82, 2.24) is 0 Å². The van der Waals surface area contributed by atoms with Crippen LogP contribution in [0.25, 0.3) is 0 Å². The number of carboxylic acid groups (broad SMARTS) is 6. The van der Waals surface area contributed by atoms with Crippen molar-refractivity contribution in [3.05, 3.63) is 0 Å². The summed E-state index contributed by atoms with van der Waals surface area (Å²) < 4.78 is 0. The Balaban J connectivity index is -0.000000110. The van der Waals surface area contributed by atoms with Crippen molar-refractivity contribution in [2.75, 3.05) is 0 Å². The van der Waals surface area contributed by atoms with Gasteiger partial charge in [0.15, 0.2) is 0 Å². The van der Waals surface area contributed by atoms with E-state index in [1.54, 1.807) is 0 Å². The van der Waals surface area contributed by atoms with Gasteiger partial charge in [0, 0.05) is 0 Å². The van der Waals surface area contributed by atoms with E-state index >= 15 is 0 Å². The molecule has 0 rings (SSSR count). The average molecular weight is 556 g/mol. The maximum atomic E-state index is 9.63. The fourth-order valence-corrected chi connectivity index (χ4v) is 0.773. The van der Waals surface area contributed by atoms with Crippen molar-refractivity contribution in [1.29, 1.82) is 0 Å². The van der Waals surface area contributed by atoms with Crippen molar-refractivity contribution in [3.8, 4) is 0 Å². The number of hydrogen-bond acceptors (Lipinski definition) is 18. The topological polar surface area (TPSA) is 362 Å². The molecule has 0 unspecified atom stereocenters. The molecule has 20 heteroatoms. The van der Waals surface area contributed by atoms with Gasteiger partial charge >= 0.3 is 34.1 Å². The maximum Gasteiger partial charge on any atom is 3.00 e. The first-order chi connectivity index (χ1) is 13.4. The zero-order chi connectivity index (χ0) is 24.9. The Kier molecular flexibility index (Phi) is 24.2. The molecule has 6 atom stereocenters. The molecule has 0 bridgehead atoms. The third-order valence-electron chi connectivity index (χ3n) is 2.35. The number of carboxylic acids is 6. The van der Waals surface area contributed by atoms with Crippen molar-refractivity contribution < 1.29 is 124 Å². The molecule has 32 heavy (non-hydrogen) atoms. The number of aliphatic hydroxyl groups is 6. The van der Waals surface area contributed by atoms with Crippen LogP contribution in [0.3, 0.4) is 0 Å². The fraction of sp³-hybridized carbons (Fsp3) is 0.500. The van der Waals surface area contributed by atoms with E-state index in [0.29, 0.717) is 0 Å². The van der Waals surface area contributed by atoms with E-state index in [1.165, 1.54) is 0 Å². The Labute approximate surface area is 196 Å². The first-order valence-corrected chi connectivity index (χ1v) is 6.73. The SMILES string of the molecule is O=C([O-])[C@H](O)[C@@H](O)C(=O)[O-].O=C([O-])[C@H](O)[C@@H](O)C(=O)[O-].O=C([O-])[C@H](O)[C@@H](O)C(=O)[O-].[Fe+3].[Fe+3]. The van der Waals surface area contributed by atoms with Crippen LogP contribution in [0.5, 0.6) is 0 Å². The summed E-state index contributed by atoms with van der Waals surface area (Å²) in [4.78, 5) is 57.8. The van der Waals surface area contributed by atoms with Gasteiger partial charge in [-0.3, -0.25) is 0 Å². The molecular weight excluding hydrogens is 544 g/mol. The third-order valence-corrected chi connectivity index (χ3v) is 2.35. The number of hydrogen-bond donors (Lipinski definition) is 6. The minimum Gasteiger partial charge on any atom is -0.547 e. The van der Waals surface area contributed by atoms with Crippen LogP contribution >= 0.6 is 0 Å². The monoisotopic (exact) mass is 556 g/mol. The van der Waals surface area contributed by atoms with Crippen LogP contribution in [-0.2, 0) is 62.9 Å². The minimum atomic E-state index is -2.44. The Hall–Kier alpha value is -2.38. The number of aliphatic hydroxyl groups excluding tert-OH is 6. The van der Waals surface area contributed by atoms with Gasteiger partial charge in [-0.15, -0.1) is 0 Å². The normalized spacial score (nSPS) is 14.8. The van der Waals surface area contributed by atoms with Gasteiger partial charge in [-0.1, -0.05) is 0 Å². The first-order valence-electron chi connectivity index (χ1n) is 6.73. The molecule has 2 radical (unpaired) electrons. The largest absolute Gasteiger partial charge is 3.00 e. The maximum absolute atomic E-state index is 9.63. The Morgan fingerprint density at radius 3 is 0.438 bits per heavy atom. The number of rotatable bonds is 9. The summed E-state index contributed by atoms with van der Waals surface area (Å²) in [7, 11) is 0. The van der Waals surface area contributed by atoms with Crippen molar-refractivity contribution >= 4 is 35.8 Å². The van der Waals surface area contributed by atoms with Crippen LogP contribution in [0.4, 0.5) is 0 Å². The summed E-state index contributed by atoms with van der Waals surface area (Å²) in [5.74, 6) is -12.4. The smallest absolute Gasteiger partial charge is 0.547 e. The zero-order valence-corrected chi connectivity index (χ0v) is 17.0. The third kappa shape index (κ3) is 17.3. The average Bonchev–Trinajstić information content (AvgIpc) is 2.64. The van der Waals surface area contributed by atoms with Crippen LogP contribution in [0, 0.1) is 0 Å². The second kappa shape index (κ2) is 19.3. The van der Waals surface area contributed by atoms with Crippen LogP contribution in [0.1, 0.15) is 0 Å². The van der Waals surface area contributed by atoms with Gasteiger partial charge in [0.2, 0.25) is 0 Å². The zero-order valence-electron chi connectivity index (χ0n) is 14.8. The number of aliphatic carboxylic acids is 6. The summed E-state index contributed by atoms with van der Waals surface area (Å²) in [5.41, 5.74) is 0. The Morgan fingerprint density at radius 1 is 0.344 bits per heavy atom. The van der Waals surface area contributed by atoms with E-state index in [4.69, 9.17) is 30.6 Å². The predicted octanol–water partition coefficient (Wildman–Crippen LogP) is -14.4. The molecule has 0 aromatic rings. The Morgan fingerprint density at radius 2 is 0.406 bits per heavy atom. The first kappa shape index (κ1) is 40.0. The van der Waals surface area contributed by atoms with E-state index in [-0.39, 0.29) is 34.1 Å². The second-order valence-corrected chi connectivity index (χ2v) is 4.58. The molecule has 0 heterocycles. The number of carbonyl (C=O) groups excluding carboxylic acids is 6. The van der Waals surface area contributed by atoms with E-state index in [9.17, 15) is 59.4 Å². The van der Waals surface area contributed by atoms with E-state index in [0.717, 1.165) is 0 Å². The standard InChI is InChI=1S/3C4H6O6.2Fe/c3*5-1(3(7)8)2(6)4(9)10;;/h3*1-2,5-6H,(H,7,8)(H,9,10);;/q;;;2*+3/p-6/t3*1-,2-;;/m111../s1. The molecule has 0 aromatic heterocycles. The van der Waals surface area contributed by atoms with E-state index in [2.05, 4.69) is 0 Å². The molecule has 0 amide bonds. The summed E-state index contributed by atoms with van der Waals surface area (Å²) >= 11 is 0. The summed E-state index contributed by atoms with van der Waals surface area (Å²) in [5, 5.41) is 107. The molecule has 0 fully saturated rings. The van der Waals surface area contributed by atoms with Crippen molar-refractivity contribution in [2.24, 2.45) is 0 Å². The molecule has 6 N–H and O–H groups in total. The van der Waals surface area contributed by atoms with Gasteiger partial charge in [-0.05, 0) is 0 Å². The van der Waals surface area contributed by atoms with Gasteiger partial charge in [0.25, 0.3) is 0 Å². The summed E-state index contributed by atoms with van der Waals surface area (Å²) in [6, 6.07) is 0. The van der Waals surface area contributed by atoms with E-state index < -0.39 is 72.4 Å².